The van der Waals surface area contributed by atoms with Crippen LogP contribution in [0, 0.1) is 13.8 Å². The lowest BCUT2D eigenvalue weighted by molar-refractivity contribution is 0.409. The van der Waals surface area contributed by atoms with Gasteiger partial charge in [-0.2, -0.15) is 0 Å². The Morgan fingerprint density at radius 3 is 2.44 bits per heavy atom. The van der Waals surface area contributed by atoms with Gasteiger partial charge in [-0.1, -0.05) is 38.7 Å². The molecule has 0 heterocycles. The molecule has 0 aromatic heterocycles. The van der Waals surface area contributed by atoms with Crippen molar-refractivity contribution >= 4 is 5.69 Å². The number of methoxy groups -OCH3 is 1. The SMILES string of the molecule is CCCCCCCNc1ccc(C)c(OC)c1C. The standard InChI is InChI=1S/C16H27NO/c1-5-6-7-8-9-12-17-15-11-10-13(2)16(18-4)14(15)3/h10-11,17H,5-9,12H2,1-4H3. The zero-order chi connectivity index (χ0) is 13.4. The second kappa shape index (κ2) is 8.02. The maximum absolute atomic E-state index is 5.44. The molecule has 1 N–H and O–H groups in total. The normalized spacial score (nSPS) is 10.4. The molecule has 0 fully saturated rings. The number of anilines is 1. The second-order valence-electron chi connectivity index (χ2n) is 4.93. The van der Waals surface area contributed by atoms with Crippen molar-refractivity contribution in [1.82, 2.24) is 0 Å². The first kappa shape index (κ1) is 14.9. The fourth-order valence-corrected chi connectivity index (χ4v) is 2.28. The van der Waals surface area contributed by atoms with Crippen molar-refractivity contribution < 1.29 is 4.74 Å². The fraction of sp³-hybridized carbons (Fsp3) is 0.625. The molecule has 0 aliphatic heterocycles. The average Bonchev–Trinajstić information content (AvgIpc) is 2.36. The number of hydrogen-bond acceptors (Lipinski definition) is 2. The number of benzene rings is 1. The topological polar surface area (TPSA) is 21.3 Å². The van der Waals surface area contributed by atoms with E-state index in [1.165, 1.54) is 48.9 Å². The number of rotatable bonds is 8. The minimum atomic E-state index is 1.01. The Labute approximate surface area is 112 Å². The van der Waals surface area contributed by atoms with Gasteiger partial charge in [-0.15, -0.1) is 0 Å². The molecule has 102 valence electrons. The maximum atomic E-state index is 5.44. The van der Waals surface area contributed by atoms with Crippen molar-refractivity contribution in [2.45, 2.75) is 52.9 Å². The molecule has 0 unspecified atom stereocenters. The van der Waals surface area contributed by atoms with Gasteiger partial charge in [-0.05, 0) is 31.9 Å². The van der Waals surface area contributed by atoms with Crippen molar-refractivity contribution in [2.24, 2.45) is 0 Å². The number of unbranched alkanes of at least 4 members (excludes halogenated alkanes) is 4. The summed E-state index contributed by atoms with van der Waals surface area (Å²) in [5.74, 6) is 1.01. The summed E-state index contributed by atoms with van der Waals surface area (Å²) in [6.07, 6.45) is 6.59. The first-order valence-electron chi connectivity index (χ1n) is 7.08. The molecule has 1 aromatic rings. The summed E-state index contributed by atoms with van der Waals surface area (Å²) in [5.41, 5.74) is 3.61. The largest absolute Gasteiger partial charge is 0.496 e. The highest BCUT2D eigenvalue weighted by Crippen LogP contribution is 2.29. The van der Waals surface area contributed by atoms with E-state index in [-0.39, 0.29) is 0 Å². The van der Waals surface area contributed by atoms with Gasteiger partial charge in [0.25, 0.3) is 0 Å². The van der Waals surface area contributed by atoms with E-state index in [1.807, 2.05) is 0 Å². The number of hydrogen-bond donors (Lipinski definition) is 1. The van der Waals surface area contributed by atoms with Crippen molar-refractivity contribution in [3.05, 3.63) is 23.3 Å². The highest BCUT2D eigenvalue weighted by atomic mass is 16.5. The van der Waals surface area contributed by atoms with Crippen LogP contribution >= 0.6 is 0 Å². The third kappa shape index (κ3) is 4.25. The first-order valence-corrected chi connectivity index (χ1v) is 7.08. The van der Waals surface area contributed by atoms with Crippen LogP contribution in [0.25, 0.3) is 0 Å². The van der Waals surface area contributed by atoms with Gasteiger partial charge in [0.2, 0.25) is 0 Å². The van der Waals surface area contributed by atoms with Crippen molar-refractivity contribution in [3.8, 4) is 5.75 Å². The Kier molecular flexibility index (Phi) is 6.63. The summed E-state index contributed by atoms with van der Waals surface area (Å²) in [7, 11) is 1.74. The number of ether oxygens (including phenoxy) is 1. The summed E-state index contributed by atoms with van der Waals surface area (Å²) in [6, 6.07) is 4.27. The predicted octanol–water partition coefficient (Wildman–Crippen LogP) is 4.69. The van der Waals surface area contributed by atoms with Gasteiger partial charge in [0.15, 0.2) is 0 Å². The predicted molar refractivity (Wildman–Crippen MR) is 79.7 cm³/mol. The lowest BCUT2D eigenvalue weighted by Gasteiger charge is -2.14. The van der Waals surface area contributed by atoms with Crippen LogP contribution in [0.5, 0.6) is 5.75 Å². The van der Waals surface area contributed by atoms with E-state index in [9.17, 15) is 0 Å². The molecule has 0 radical (unpaired) electrons. The first-order chi connectivity index (χ1) is 8.70. The molecule has 18 heavy (non-hydrogen) atoms. The molecular weight excluding hydrogens is 222 g/mol. The van der Waals surface area contributed by atoms with Crippen LogP contribution in [-0.2, 0) is 0 Å². The summed E-state index contributed by atoms with van der Waals surface area (Å²) in [6.45, 7) is 7.50. The molecule has 1 aromatic carbocycles. The van der Waals surface area contributed by atoms with Gasteiger partial charge >= 0.3 is 0 Å². The Hall–Kier alpha value is -1.18. The van der Waals surface area contributed by atoms with E-state index in [0.717, 1.165) is 12.3 Å². The monoisotopic (exact) mass is 249 g/mol. The molecule has 0 spiro atoms. The van der Waals surface area contributed by atoms with Crippen LogP contribution in [0.3, 0.4) is 0 Å². The molecule has 0 bridgehead atoms. The average molecular weight is 249 g/mol. The summed E-state index contributed by atoms with van der Waals surface area (Å²) < 4.78 is 5.44. The van der Waals surface area contributed by atoms with Crippen LogP contribution in [0.4, 0.5) is 5.69 Å². The molecular formula is C16H27NO. The fourth-order valence-electron chi connectivity index (χ4n) is 2.28. The molecule has 0 aliphatic rings. The maximum Gasteiger partial charge on any atom is 0.126 e. The third-order valence-electron chi connectivity index (χ3n) is 3.40. The Balaban J connectivity index is 2.43. The van der Waals surface area contributed by atoms with Gasteiger partial charge in [-0.25, -0.2) is 0 Å². The van der Waals surface area contributed by atoms with Crippen molar-refractivity contribution in [2.75, 3.05) is 19.0 Å². The highest BCUT2D eigenvalue weighted by Gasteiger charge is 2.06. The molecule has 0 saturated carbocycles. The Bertz CT molecular complexity index is 360. The molecule has 0 amide bonds. The van der Waals surface area contributed by atoms with Crippen molar-refractivity contribution in [3.63, 3.8) is 0 Å². The number of aryl methyl sites for hydroxylation is 1. The summed E-state index contributed by atoms with van der Waals surface area (Å²) in [4.78, 5) is 0. The Morgan fingerprint density at radius 1 is 1.06 bits per heavy atom. The summed E-state index contributed by atoms with van der Waals surface area (Å²) in [5, 5.41) is 3.51. The number of nitrogens with one attached hydrogen (secondary N) is 1. The van der Waals surface area contributed by atoms with E-state index in [2.05, 4.69) is 38.2 Å². The lowest BCUT2D eigenvalue weighted by atomic mass is 10.1. The minimum absolute atomic E-state index is 1.01. The van der Waals surface area contributed by atoms with E-state index >= 15 is 0 Å². The molecule has 2 heteroatoms. The molecule has 0 saturated heterocycles. The summed E-state index contributed by atoms with van der Waals surface area (Å²) >= 11 is 0. The minimum Gasteiger partial charge on any atom is -0.496 e. The van der Waals surface area contributed by atoms with Gasteiger partial charge in [-0.3, -0.25) is 0 Å². The van der Waals surface area contributed by atoms with Crippen LogP contribution in [0.1, 0.15) is 50.2 Å². The van der Waals surface area contributed by atoms with Gasteiger partial charge in [0.1, 0.15) is 5.75 Å². The van der Waals surface area contributed by atoms with E-state index in [4.69, 9.17) is 4.74 Å². The highest BCUT2D eigenvalue weighted by molar-refractivity contribution is 5.59. The van der Waals surface area contributed by atoms with Crippen LogP contribution in [-0.4, -0.2) is 13.7 Å². The van der Waals surface area contributed by atoms with Crippen LogP contribution in [0.15, 0.2) is 12.1 Å². The Morgan fingerprint density at radius 2 is 1.78 bits per heavy atom. The lowest BCUT2D eigenvalue weighted by Crippen LogP contribution is -2.04. The van der Waals surface area contributed by atoms with Crippen molar-refractivity contribution in [1.29, 1.82) is 0 Å². The zero-order valence-electron chi connectivity index (χ0n) is 12.3. The van der Waals surface area contributed by atoms with Gasteiger partial charge in [0.05, 0.1) is 7.11 Å². The van der Waals surface area contributed by atoms with E-state index in [1.54, 1.807) is 7.11 Å². The quantitative estimate of drug-likeness (QED) is 0.675. The molecule has 1 rings (SSSR count). The second-order valence-corrected chi connectivity index (χ2v) is 4.93. The van der Waals surface area contributed by atoms with Gasteiger partial charge < -0.3 is 10.1 Å². The zero-order valence-corrected chi connectivity index (χ0v) is 12.3. The molecule has 0 aliphatic carbocycles. The van der Waals surface area contributed by atoms with Crippen LogP contribution in [0.2, 0.25) is 0 Å². The van der Waals surface area contributed by atoms with E-state index < -0.39 is 0 Å². The van der Waals surface area contributed by atoms with Crippen LogP contribution < -0.4 is 10.1 Å². The van der Waals surface area contributed by atoms with Gasteiger partial charge in [0, 0.05) is 17.8 Å². The molecule has 2 nitrogen and oxygen atoms in total. The third-order valence-corrected chi connectivity index (χ3v) is 3.40. The van der Waals surface area contributed by atoms with E-state index in [0.29, 0.717) is 0 Å². The smallest absolute Gasteiger partial charge is 0.126 e. The molecule has 0 atom stereocenters.